The van der Waals surface area contributed by atoms with Crippen molar-refractivity contribution in [3.63, 3.8) is 0 Å². The Hall–Kier alpha value is -0.610. The van der Waals surface area contributed by atoms with Gasteiger partial charge in [-0.25, -0.2) is 0 Å². The van der Waals surface area contributed by atoms with Crippen LogP contribution < -0.4 is 5.73 Å². The number of nitrogens with two attached hydrogens (primary N) is 1. The molecule has 2 N–H and O–H groups in total. The number of nitrogens with zero attached hydrogens (tertiary/aromatic N) is 2. The van der Waals surface area contributed by atoms with E-state index in [1.807, 2.05) is 4.90 Å². The average Bonchev–Trinajstić information content (AvgIpc) is 2.15. The van der Waals surface area contributed by atoms with Gasteiger partial charge in [-0.1, -0.05) is 0 Å². The van der Waals surface area contributed by atoms with Crippen LogP contribution >= 0.6 is 0 Å². The van der Waals surface area contributed by atoms with Crippen molar-refractivity contribution >= 4 is 5.91 Å². The molecule has 16 heavy (non-hydrogen) atoms. The molecule has 1 amide bonds. The molecule has 0 unspecified atom stereocenters. The molecule has 1 aliphatic heterocycles. The van der Waals surface area contributed by atoms with Crippen LogP contribution in [-0.2, 0) is 4.79 Å². The minimum absolute atomic E-state index is 0.0734. The summed E-state index contributed by atoms with van der Waals surface area (Å²) in [6.45, 7) is 13.2. The Morgan fingerprint density at radius 3 is 2.12 bits per heavy atom. The van der Waals surface area contributed by atoms with E-state index in [-0.39, 0.29) is 17.0 Å². The Kier molecular flexibility index (Phi) is 3.65. The number of carbonyl (C=O) groups is 1. The maximum absolute atomic E-state index is 12.1. The van der Waals surface area contributed by atoms with Crippen LogP contribution in [-0.4, -0.2) is 53.0 Å². The van der Waals surface area contributed by atoms with Crippen molar-refractivity contribution in [2.24, 2.45) is 5.73 Å². The van der Waals surface area contributed by atoms with Gasteiger partial charge in [-0.3, -0.25) is 9.69 Å². The van der Waals surface area contributed by atoms with Crippen LogP contribution in [0.25, 0.3) is 0 Å². The van der Waals surface area contributed by atoms with Gasteiger partial charge in [0.1, 0.15) is 0 Å². The van der Waals surface area contributed by atoms with Crippen LogP contribution in [0.2, 0.25) is 0 Å². The van der Waals surface area contributed by atoms with Crippen molar-refractivity contribution in [2.75, 3.05) is 26.2 Å². The Morgan fingerprint density at radius 2 is 1.75 bits per heavy atom. The first-order valence-electron chi connectivity index (χ1n) is 5.94. The quantitative estimate of drug-likeness (QED) is 0.754. The molecular weight excluding hydrogens is 202 g/mol. The lowest BCUT2D eigenvalue weighted by Crippen LogP contribution is -2.62. The van der Waals surface area contributed by atoms with Crippen molar-refractivity contribution in [1.82, 2.24) is 9.80 Å². The Bertz CT molecular complexity index is 268. The topological polar surface area (TPSA) is 49.6 Å². The van der Waals surface area contributed by atoms with E-state index in [0.717, 1.165) is 13.1 Å². The minimum Gasteiger partial charge on any atom is -0.335 e. The zero-order valence-electron chi connectivity index (χ0n) is 11.2. The maximum atomic E-state index is 12.1. The zero-order valence-corrected chi connectivity index (χ0v) is 11.2. The second kappa shape index (κ2) is 4.34. The van der Waals surface area contributed by atoms with Gasteiger partial charge in [-0.2, -0.15) is 0 Å². The van der Waals surface area contributed by atoms with E-state index in [4.69, 9.17) is 5.73 Å². The summed E-state index contributed by atoms with van der Waals surface area (Å²) in [4.78, 5) is 16.2. The normalized spacial score (nSPS) is 20.4. The summed E-state index contributed by atoms with van der Waals surface area (Å²) in [7, 11) is 0. The molecule has 0 aromatic rings. The van der Waals surface area contributed by atoms with Crippen LogP contribution in [0.3, 0.4) is 0 Å². The van der Waals surface area contributed by atoms with Gasteiger partial charge >= 0.3 is 0 Å². The standard InChI is InChI=1S/C12H25N3O/c1-11(2,3)15-7-6-14(8-10(15)16)12(4,5)9-13/h6-9,13H2,1-5H3. The third-order valence-electron chi connectivity index (χ3n) is 3.39. The highest BCUT2D eigenvalue weighted by Gasteiger charge is 2.36. The summed E-state index contributed by atoms with van der Waals surface area (Å²) in [6.07, 6.45) is 0. The zero-order chi connectivity index (χ0) is 12.6. The van der Waals surface area contributed by atoms with Gasteiger partial charge in [0.15, 0.2) is 0 Å². The van der Waals surface area contributed by atoms with Gasteiger partial charge < -0.3 is 10.6 Å². The highest BCUT2D eigenvalue weighted by Crippen LogP contribution is 2.21. The van der Waals surface area contributed by atoms with E-state index in [2.05, 4.69) is 39.5 Å². The number of carbonyl (C=O) groups excluding carboxylic acids is 1. The molecule has 1 aliphatic rings. The molecule has 1 fully saturated rings. The van der Waals surface area contributed by atoms with Crippen LogP contribution in [0.15, 0.2) is 0 Å². The van der Waals surface area contributed by atoms with E-state index < -0.39 is 0 Å². The second-order valence-electron chi connectivity index (χ2n) is 6.15. The van der Waals surface area contributed by atoms with Gasteiger partial charge in [-0.15, -0.1) is 0 Å². The fourth-order valence-corrected chi connectivity index (χ4v) is 2.03. The lowest BCUT2D eigenvalue weighted by molar-refractivity contribution is -0.144. The fourth-order valence-electron chi connectivity index (χ4n) is 2.03. The molecule has 0 aromatic heterocycles. The molecule has 0 saturated carbocycles. The lowest BCUT2D eigenvalue weighted by Gasteiger charge is -2.47. The number of hydrogen-bond acceptors (Lipinski definition) is 3. The number of hydrogen-bond donors (Lipinski definition) is 1. The first kappa shape index (κ1) is 13.5. The summed E-state index contributed by atoms with van der Waals surface area (Å²) in [5, 5.41) is 0. The molecule has 0 radical (unpaired) electrons. The predicted octanol–water partition coefficient (Wildman–Crippen LogP) is 0.666. The van der Waals surface area contributed by atoms with Crippen molar-refractivity contribution in [2.45, 2.75) is 45.7 Å². The van der Waals surface area contributed by atoms with E-state index in [9.17, 15) is 4.79 Å². The highest BCUT2D eigenvalue weighted by molar-refractivity contribution is 5.79. The van der Waals surface area contributed by atoms with Crippen molar-refractivity contribution in [3.8, 4) is 0 Å². The summed E-state index contributed by atoms with van der Waals surface area (Å²) in [5.74, 6) is 0.209. The maximum Gasteiger partial charge on any atom is 0.237 e. The third-order valence-corrected chi connectivity index (χ3v) is 3.39. The minimum atomic E-state index is -0.0837. The van der Waals surface area contributed by atoms with E-state index in [0.29, 0.717) is 13.1 Å². The first-order chi connectivity index (χ1) is 7.18. The SMILES string of the molecule is CC(C)(C)N1CCN(C(C)(C)CN)CC1=O. The molecule has 94 valence electrons. The van der Waals surface area contributed by atoms with E-state index in [1.54, 1.807) is 0 Å². The monoisotopic (exact) mass is 227 g/mol. The smallest absolute Gasteiger partial charge is 0.237 e. The Balaban J connectivity index is 2.70. The number of piperazine rings is 1. The van der Waals surface area contributed by atoms with Gasteiger partial charge in [0.2, 0.25) is 5.91 Å². The molecule has 1 rings (SSSR count). The fraction of sp³-hybridized carbons (Fsp3) is 0.917. The van der Waals surface area contributed by atoms with Gasteiger partial charge in [0.05, 0.1) is 6.54 Å². The molecule has 4 nitrogen and oxygen atoms in total. The van der Waals surface area contributed by atoms with E-state index >= 15 is 0 Å². The van der Waals surface area contributed by atoms with Crippen LogP contribution in [0.1, 0.15) is 34.6 Å². The van der Waals surface area contributed by atoms with Gasteiger partial charge in [0, 0.05) is 30.7 Å². The van der Waals surface area contributed by atoms with Gasteiger partial charge in [-0.05, 0) is 34.6 Å². The van der Waals surface area contributed by atoms with Crippen LogP contribution in [0, 0.1) is 0 Å². The third kappa shape index (κ3) is 2.74. The van der Waals surface area contributed by atoms with Crippen LogP contribution in [0.4, 0.5) is 0 Å². The number of rotatable bonds is 2. The van der Waals surface area contributed by atoms with E-state index in [1.165, 1.54) is 0 Å². The molecule has 1 saturated heterocycles. The van der Waals surface area contributed by atoms with Crippen molar-refractivity contribution < 1.29 is 4.79 Å². The largest absolute Gasteiger partial charge is 0.335 e. The van der Waals surface area contributed by atoms with Crippen molar-refractivity contribution in [3.05, 3.63) is 0 Å². The molecule has 4 heteroatoms. The summed E-state index contributed by atoms with van der Waals surface area (Å²) < 4.78 is 0. The van der Waals surface area contributed by atoms with Crippen LogP contribution in [0.5, 0.6) is 0 Å². The van der Waals surface area contributed by atoms with Crippen molar-refractivity contribution in [1.29, 1.82) is 0 Å². The summed E-state index contributed by atoms with van der Waals surface area (Å²) in [5.41, 5.74) is 5.58. The Morgan fingerprint density at radius 1 is 1.19 bits per heavy atom. The molecule has 0 spiro atoms. The molecule has 0 aromatic carbocycles. The molecular formula is C12H25N3O. The number of amides is 1. The molecule has 1 heterocycles. The highest BCUT2D eigenvalue weighted by atomic mass is 16.2. The molecule has 0 atom stereocenters. The first-order valence-corrected chi connectivity index (χ1v) is 5.94. The predicted molar refractivity (Wildman–Crippen MR) is 66.2 cm³/mol. The lowest BCUT2D eigenvalue weighted by atomic mass is 9.99. The van der Waals surface area contributed by atoms with Gasteiger partial charge in [0.25, 0.3) is 0 Å². The summed E-state index contributed by atoms with van der Waals surface area (Å²) in [6, 6.07) is 0. The average molecular weight is 227 g/mol. The Labute approximate surface area is 98.8 Å². The summed E-state index contributed by atoms with van der Waals surface area (Å²) >= 11 is 0. The molecule has 0 bridgehead atoms. The second-order valence-corrected chi connectivity index (χ2v) is 6.15. The molecule has 0 aliphatic carbocycles.